The molecule has 0 bridgehead atoms. The van der Waals surface area contributed by atoms with Crippen molar-refractivity contribution >= 4 is 15.9 Å². The molecule has 4 rings (SSSR count). The van der Waals surface area contributed by atoms with Crippen molar-refractivity contribution in [2.75, 3.05) is 13.1 Å². The second-order valence-corrected chi connectivity index (χ2v) is 9.22. The highest BCUT2D eigenvalue weighted by molar-refractivity contribution is 7.89. The third-order valence-electron chi connectivity index (χ3n) is 5.16. The molecule has 3 aromatic rings. The van der Waals surface area contributed by atoms with Gasteiger partial charge in [0.1, 0.15) is 0 Å². The van der Waals surface area contributed by atoms with Crippen molar-refractivity contribution in [3.63, 3.8) is 0 Å². The maximum Gasteiger partial charge on any atom is 0.251 e. The van der Waals surface area contributed by atoms with E-state index in [2.05, 4.69) is 20.8 Å². The summed E-state index contributed by atoms with van der Waals surface area (Å²) in [4.78, 5) is 12.6. The lowest BCUT2D eigenvalue weighted by atomic mass is 10.2. The second kappa shape index (κ2) is 9.09. The Hall–Kier alpha value is -3.25. The fourth-order valence-electron chi connectivity index (χ4n) is 3.43. The van der Waals surface area contributed by atoms with Crippen molar-refractivity contribution in [2.45, 2.75) is 30.7 Å². The minimum absolute atomic E-state index is 0.0847. The van der Waals surface area contributed by atoms with Crippen molar-refractivity contribution in [1.82, 2.24) is 29.8 Å². The van der Waals surface area contributed by atoms with Crippen LogP contribution in [0.3, 0.4) is 0 Å². The summed E-state index contributed by atoms with van der Waals surface area (Å²) in [5.74, 6) is -2.31. The van der Waals surface area contributed by atoms with Gasteiger partial charge in [0.15, 0.2) is 17.5 Å². The average Bonchev–Trinajstić information content (AvgIpc) is 3.28. The van der Waals surface area contributed by atoms with Gasteiger partial charge in [-0.25, -0.2) is 17.2 Å². The molecule has 1 N–H and O–H groups in total. The van der Waals surface area contributed by atoms with Crippen molar-refractivity contribution in [3.8, 4) is 5.69 Å². The van der Waals surface area contributed by atoms with Crippen LogP contribution in [-0.4, -0.2) is 51.9 Å². The molecule has 0 saturated carbocycles. The van der Waals surface area contributed by atoms with Crippen molar-refractivity contribution in [3.05, 3.63) is 65.5 Å². The quantitative estimate of drug-likeness (QED) is 0.600. The van der Waals surface area contributed by atoms with E-state index in [-0.39, 0.29) is 28.5 Å². The molecule has 32 heavy (non-hydrogen) atoms. The molecule has 1 amide bonds. The van der Waals surface area contributed by atoms with Crippen LogP contribution in [0, 0.1) is 11.6 Å². The summed E-state index contributed by atoms with van der Waals surface area (Å²) in [5, 5.41) is 13.7. The van der Waals surface area contributed by atoms with Gasteiger partial charge in [-0.2, -0.15) is 8.99 Å². The molecule has 1 aromatic heterocycles. The number of rotatable bonds is 6. The first-order chi connectivity index (χ1) is 15.4. The normalized spacial score (nSPS) is 14.9. The van der Waals surface area contributed by atoms with Crippen molar-refractivity contribution in [1.29, 1.82) is 0 Å². The number of aromatic nitrogens is 4. The van der Waals surface area contributed by atoms with Crippen molar-refractivity contribution in [2.24, 2.45) is 0 Å². The van der Waals surface area contributed by atoms with Crippen LogP contribution in [0.2, 0.25) is 0 Å². The summed E-state index contributed by atoms with van der Waals surface area (Å²) in [6, 6.07) is 8.89. The fourth-order valence-corrected chi connectivity index (χ4v) is 4.94. The third kappa shape index (κ3) is 4.50. The number of amides is 1. The Bertz CT molecular complexity index is 1220. The molecule has 1 aliphatic rings. The number of nitrogens with zero attached hydrogens (tertiary/aromatic N) is 5. The Morgan fingerprint density at radius 1 is 1.00 bits per heavy atom. The molecule has 0 spiro atoms. The predicted octanol–water partition coefficient (Wildman–Crippen LogP) is 2.05. The zero-order chi connectivity index (χ0) is 22.7. The van der Waals surface area contributed by atoms with E-state index in [0.29, 0.717) is 13.1 Å². The van der Waals surface area contributed by atoms with Gasteiger partial charge in [0.05, 0.1) is 17.1 Å². The van der Waals surface area contributed by atoms with Gasteiger partial charge in [-0.05, 0) is 59.7 Å². The molecule has 1 saturated heterocycles. The number of carbonyl (C=O) groups excluding carboxylic acids is 1. The number of piperidine rings is 1. The Labute approximate surface area is 183 Å². The maximum atomic E-state index is 13.5. The second-order valence-electron chi connectivity index (χ2n) is 7.28. The maximum absolute atomic E-state index is 13.5. The summed E-state index contributed by atoms with van der Waals surface area (Å²) in [6.45, 7) is 0.910. The number of sulfonamides is 1. The molecular formula is C20H20F2N6O3S. The van der Waals surface area contributed by atoms with E-state index in [9.17, 15) is 22.0 Å². The largest absolute Gasteiger partial charge is 0.345 e. The predicted molar refractivity (Wildman–Crippen MR) is 109 cm³/mol. The van der Waals surface area contributed by atoms with E-state index >= 15 is 0 Å². The molecule has 2 aromatic carbocycles. The van der Waals surface area contributed by atoms with Crippen LogP contribution in [0.1, 0.15) is 35.4 Å². The first kappa shape index (κ1) is 22.0. The van der Waals surface area contributed by atoms with Crippen LogP contribution in [0.25, 0.3) is 5.69 Å². The monoisotopic (exact) mass is 462 g/mol. The lowest BCUT2D eigenvalue weighted by Crippen LogP contribution is -2.35. The van der Waals surface area contributed by atoms with E-state index in [4.69, 9.17) is 0 Å². The molecule has 0 radical (unpaired) electrons. The number of halogens is 2. The highest BCUT2D eigenvalue weighted by Gasteiger charge is 2.26. The summed E-state index contributed by atoms with van der Waals surface area (Å²) < 4.78 is 54.7. The van der Waals surface area contributed by atoms with E-state index < -0.39 is 27.6 Å². The van der Waals surface area contributed by atoms with Gasteiger partial charge >= 0.3 is 0 Å². The van der Waals surface area contributed by atoms with Gasteiger partial charge in [-0.3, -0.25) is 4.79 Å². The van der Waals surface area contributed by atoms with Crippen LogP contribution in [0.4, 0.5) is 8.78 Å². The van der Waals surface area contributed by atoms with Crippen LogP contribution < -0.4 is 5.32 Å². The summed E-state index contributed by atoms with van der Waals surface area (Å²) in [7, 11) is -3.58. The Balaban J connectivity index is 1.43. The SMILES string of the molecule is O=C(NCc1nnnn1-c1ccc(F)c(F)c1)c1ccc(S(=O)(=O)N2CCCCC2)cc1. The zero-order valence-corrected chi connectivity index (χ0v) is 17.7. The Morgan fingerprint density at radius 2 is 1.72 bits per heavy atom. The summed E-state index contributed by atoms with van der Waals surface area (Å²) in [5.41, 5.74) is 0.458. The third-order valence-corrected chi connectivity index (χ3v) is 7.07. The van der Waals surface area contributed by atoms with Gasteiger partial charge in [-0.1, -0.05) is 6.42 Å². The van der Waals surface area contributed by atoms with Gasteiger partial charge < -0.3 is 5.32 Å². The Kier molecular flexibility index (Phi) is 6.24. The highest BCUT2D eigenvalue weighted by atomic mass is 32.2. The first-order valence-corrected chi connectivity index (χ1v) is 11.4. The number of hydrogen-bond donors (Lipinski definition) is 1. The topological polar surface area (TPSA) is 110 Å². The van der Waals surface area contributed by atoms with E-state index in [1.165, 1.54) is 39.3 Å². The standard InChI is InChI=1S/C20H20F2N6O3S/c21-17-9-6-15(12-18(17)22)28-19(24-25-26-28)13-23-20(29)14-4-7-16(8-5-14)32(30,31)27-10-2-1-3-11-27/h4-9,12H,1-3,10-11,13H2,(H,23,29). The molecule has 12 heteroatoms. The molecule has 1 fully saturated rings. The number of benzene rings is 2. The smallest absolute Gasteiger partial charge is 0.251 e. The van der Waals surface area contributed by atoms with Crippen LogP contribution >= 0.6 is 0 Å². The molecular weight excluding hydrogens is 442 g/mol. The fraction of sp³-hybridized carbons (Fsp3) is 0.300. The van der Waals surface area contributed by atoms with Gasteiger partial charge in [0.25, 0.3) is 5.91 Å². The molecule has 0 aliphatic carbocycles. The van der Waals surface area contributed by atoms with Crippen molar-refractivity contribution < 1.29 is 22.0 Å². The zero-order valence-electron chi connectivity index (χ0n) is 16.9. The molecule has 0 unspecified atom stereocenters. The molecule has 168 valence electrons. The average molecular weight is 462 g/mol. The lowest BCUT2D eigenvalue weighted by Gasteiger charge is -2.25. The van der Waals surface area contributed by atoms with E-state index in [0.717, 1.165) is 31.4 Å². The molecule has 2 heterocycles. The van der Waals surface area contributed by atoms with Crippen LogP contribution in [0.5, 0.6) is 0 Å². The Morgan fingerprint density at radius 3 is 2.41 bits per heavy atom. The number of nitrogens with one attached hydrogen (secondary N) is 1. The summed E-state index contributed by atoms with van der Waals surface area (Å²) >= 11 is 0. The minimum atomic E-state index is -3.58. The van der Waals surface area contributed by atoms with Gasteiger partial charge in [0, 0.05) is 24.7 Å². The first-order valence-electron chi connectivity index (χ1n) is 9.97. The minimum Gasteiger partial charge on any atom is -0.345 e. The van der Waals surface area contributed by atoms with E-state index in [1.807, 2.05) is 0 Å². The van der Waals surface area contributed by atoms with E-state index in [1.54, 1.807) is 0 Å². The van der Waals surface area contributed by atoms with Gasteiger partial charge in [0.2, 0.25) is 10.0 Å². The number of tetrazole rings is 1. The van der Waals surface area contributed by atoms with Gasteiger partial charge in [-0.15, -0.1) is 5.10 Å². The molecule has 0 atom stereocenters. The lowest BCUT2D eigenvalue weighted by molar-refractivity contribution is 0.0949. The number of hydrogen-bond acceptors (Lipinski definition) is 6. The molecule has 9 nitrogen and oxygen atoms in total. The van der Waals surface area contributed by atoms with Crippen LogP contribution in [-0.2, 0) is 16.6 Å². The molecule has 1 aliphatic heterocycles. The van der Waals surface area contributed by atoms with Crippen LogP contribution in [0.15, 0.2) is 47.4 Å². The highest BCUT2D eigenvalue weighted by Crippen LogP contribution is 2.21. The number of carbonyl (C=O) groups is 1. The summed E-state index contributed by atoms with van der Waals surface area (Å²) in [6.07, 6.45) is 2.69.